The Labute approximate surface area is 121 Å². The third-order valence-corrected chi connectivity index (χ3v) is 4.43. The zero-order valence-electron chi connectivity index (χ0n) is 10.3. The number of carbonyl (C=O) groups excluding carboxylic acids is 1. The Bertz CT molecular complexity index is 555. The summed E-state index contributed by atoms with van der Waals surface area (Å²) in [6, 6.07) is 13.2. The minimum atomic E-state index is -0.0735. The number of amides is 1. The number of aryl methyl sites for hydroxylation is 2. The second-order valence-electron chi connectivity index (χ2n) is 4.24. The molecule has 2 aromatic rings. The number of rotatable bonds is 2. The van der Waals surface area contributed by atoms with Crippen LogP contribution < -0.4 is 5.32 Å². The molecule has 2 aromatic carbocycles. The molecule has 1 amide bonds. The summed E-state index contributed by atoms with van der Waals surface area (Å²) in [5.74, 6) is -0.0735. The Morgan fingerprint density at radius 1 is 1.06 bits per heavy atom. The number of hydrogen-bond donors (Lipinski definition) is 1. The molecule has 18 heavy (non-hydrogen) atoms. The van der Waals surface area contributed by atoms with Crippen LogP contribution in [0.25, 0.3) is 0 Å². The molecule has 0 aromatic heterocycles. The van der Waals surface area contributed by atoms with Crippen molar-refractivity contribution in [2.75, 3.05) is 5.32 Å². The first kappa shape index (κ1) is 13.1. The molecule has 92 valence electrons. The SMILES string of the molecule is Cc1cc(NC(=O)c2ccccc2)cc(C)c1I. The van der Waals surface area contributed by atoms with Crippen LogP contribution in [0.1, 0.15) is 21.5 Å². The lowest BCUT2D eigenvalue weighted by atomic mass is 10.1. The first-order chi connectivity index (χ1) is 8.58. The van der Waals surface area contributed by atoms with E-state index < -0.39 is 0 Å². The summed E-state index contributed by atoms with van der Waals surface area (Å²) in [6.07, 6.45) is 0. The van der Waals surface area contributed by atoms with E-state index in [-0.39, 0.29) is 5.91 Å². The third-order valence-electron chi connectivity index (χ3n) is 2.73. The van der Waals surface area contributed by atoms with E-state index in [0.29, 0.717) is 5.56 Å². The van der Waals surface area contributed by atoms with E-state index in [1.165, 1.54) is 14.7 Å². The Hall–Kier alpha value is -1.36. The van der Waals surface area contributed by atoms with Gasteiger partial charge in [-0.15, -0.1) is 0 Å². The number of nitrogens with one attached hydrogen (secondary N) is 1. The summed E-state index contributed by atoms with van der Waals surface area (Å²) in [6.45, 7) is 4.10. The lowest BCUT2D eigenvalue weighted by Crippen LogP contribution is -2.12. The minimum absolute atomic E-state index is 0.0735. The van der Waals surface area contributed by atoms with Crippen LogP contribution >= 0.6 is 22.6 Å². The fraction of sp³-hybridized carbons (Fsp3) is 0.133. The van der Waals surface area contributed by atoms with Gasteiger partial charge >= 0.3 is 0 Å². The van der Waals surface area contributed by atoms with Gasteiger partial charge in [-0.3, -0.25) is 4.79 Å². The van der Waals surface area contributed by atoms with Crippen LogP contribution in [0.2, 0.25) is 0 Å². The molecule has 0 aliphatic rings. The molecule has 1 N–H and O–H groups in total. The van der Waals surface area contributed by atoms with Crippen molar-refractivity contribution in [1.82, 2.24) is 0 Å². The van der Waals surface area contributed by atoms with Crippen molar-refractivity contribution in [3.8, 4) is 0 Å². The van der Waals surface area contributed by atoms with Crippen molar-refractivity contribution < 1.29 is 4.79 Å². The predicted molar refractivity (Wildman–Crippen MR) is 83.0 cm³/mol. The maximum absolute atomic E-state index is 12.0. The van der Waals surface area contributed by atoms with Gasteiger partial charge in [-0.05, 0) is 71.8 Å². The molecule has 0 bridgehead atoms. The van der Waals surface area contributed by atoms with E-state index in [1.54, 1.807) is 0 Å². The van der Waals surface area contributed by atoms with E-state index in [1.807, 2.05) is 56.3 Å². The molecule has 0 aliphatic carbocycles. The van der Waals surface area contributed by atoms with Gasteiger partial charge in [-0.25, -0.2) is 0 Å². The van der Waals surface area contributed by atoms with Gasteiger partial charge in [-0.1, -0.05) is 18.2 Å². The van der Waals surface area contributed by atoms with Crippen molar-refractivity contribution >= 4 is 34.2 Å². The zero-order valence-corrected chi connectivity index (χ0v) is 12.5. The normalized spacial score (nSPS) is 10.2. The Kier molecular flexibility index (Phi) is 4.01. The first-order valence-electron chi connectivity index (χ1n) is 5.71. The van der Waals surface area contributed by atoms with Crippen molar-refractivity contribution in [3.05, 3.63) is 62.7 Å². The molecule has 0 saturated heterocycles. The zero-order chi connectivity index (χ0) is 13.1. The molecule has 2 nitrogen and oxygen atoms in total. The van der Waals surface area contributed by atoms with E-state index in [4.69, 9.17) is 0 Å². The molecule has 0 fully saturated rings. The summed E-state index contributed by atoms with van der Waals surface area (Å²) in [4.78, 5) is 12.0. The first-order valence-corrected chi connectivity index (χ1v) is 6.79. The molecule has 3 heteroatoms. The molecule has 2 rings (SSSR count). The van der Waals surface area contributed by atoms with Crippen LogP contribution in [0.4, 0.5) is 5.69 Å². The van der Waals surface area contributed by atoms with Gasteiger partial charge < -0.3 is 5.32 Å². The van der Waals surface area contributed by atoms with Gasteiger partial charge in [0.1, 0.15) is 0 Å². The van der Waals surface area contributed by atoms with Gasteiger partial charge in [0.15, 0.2) is 0 Å². The molecule has 0 spiro atoms. The largest absolute Gasteiger partial charge is 0.322 e. The fourth-order valence-electron chi connectivity index (χ4n) is 1.81. The van der Waals surface area contributed by atoms with Crippen molar-refractivity contribution in [2.45, 2.75) is 13.8 Å². The topological polar surface area (TPSA) is 29.1 Å². The maximum atomic E-state index is 12.0. The Morgan fingerprint density at radius 2 is 1.61 bits per heavy atom. The maximum Gasteiger partial charge on any atom is 0.255 e. The molecule has 0 atom stereocenters. The van der Waals surface area contributed by atoms with Crippen LogP contribution in [0.5, 0.6) is 0 Å². The Balaban J connectivity index is 2.23. The molecule has 0 saturated carbocycles. The average Bonchev–Trinajstić information content (AvgIpc) is 2.37. The summed E-state index contributed by atoms with van der Waals surface area (Å²) in [7, 11) is 0. The van der Waals surface area contributed by atoms with Crippen molar-refractivity contribution in [3.63, 3.8) is 0 Å². The molecular weight excluding hydrogens is 337 g/mol. The lowest BCUT2D eigenvalue weighted by molar-refractivity contribution is 0.102. The summed E-state index contributed by atoms with van der Waals surface area (Å²) >= 11 is 2.32. The standard InChI is InChI=1S/C15H14INO/c1-10-8-13(9-11(2)14(10)16)17-15(18)12-6-4-3-5-7-12/h3-9H,1-2H3,(H,17,18). The van der Waals surface area contributed by atoms with E-state index in [9.17, 15) is 4.79 Å². The van der Waals surface area contributed by atoms with Crippen molar-refractivity contribution in [2.24, 2.45) is 0 Å². The van der Waals surface area contributed by atoms with Crippen LogP contribution in [0.3, 0.4) is 0 Å². The quantitative estimate of drug-likeness (QED) is 0.809. The number of carbonyl (C=O) groups is 1. The lowest BCUT2D eigenvalue weighted by Gasteiger charge is -2.09. The number of anilines is 1. The third kappa shape index (κ3) is 2.90. The highest BCUT2D eigenvalue weighted by Crippen LogP contribution is 2.22. The van der Waals surface area contributed by atoms with Crippen LogP contribution in [0.15, 0.2) is 42.5 Å². The number of halogens is 1. The summed E-state index contributed by atoms with van der Waals surface area (Å²) < 4.78 is 1.24. The van der Waals surface area contributed by atoms with E-state index in [2.05, 4.69) is 27.9 Å². The smallest absolute Gasteiger partial charge is 0.255 e. The molecule has 0 aliphatic heterocycles. The minimum Gasteiger partial charge on any atom is -0.322 e. The van der Waals surface area contributed by atoms with E-state index in [0.717, 1.165) is 5.69 Å². The molecule has 0 heterocycles. The fourth-order valence-corrected chi connectivity index (χ4v) is 2.12. The van der Waals surface area contributed by atoms with Crippen LogP contribution in [-0.4, -0.2) is 5.91 Å². The second-order valence-corrected chi connectivity index (χ2v) is 5.32. The molecular formula is C15H14INO. The van der Waals surface area contributed by atoms with Crippen LogP contribution in [0, 0.1) is 17.4 Å². The van der Waals surface area contributed by atoms with Gasteiger partial charge in [0.05, 0.1) is 0 Å². The van der Waals surface area contributed by atoms with Gasteiger partial charge in [-0.2, -0.15) is 0 Å². The monoisotopic (exact) mass is 351 g/mol. The highest BCUT2D eigenvalue weighted by molar-refractivity contribution is 14.1. The molecule has 0 radical (unpaired) electrons. The van der Waals surface area contributed by atoms with Crippen LogP contribution in [-0.2, 0) is 0 Å². The van der Waals surface area contributed by atoms with E-state index >= 15 is 0 Å². The summed E-state index contributed by atoms with van der Waals surface area (Å²) in [5, 5.41) is 2.92. The number of hydrogen-bond acceptors (Lipinski definition) is 1. The highest BCUT2D eigenvalue weighted by atomic mass is 127. The summed E-state index contributed by atoms with van der Waals surface area (Å²) in [5.41, 5.74) is 3.88. The van der Waals surface area contributed by atoms with Gasteiger partial charge in [0, 0.05) is 14.8 Å². The van der Waals surface area contributed by atoms with Gasteiger partial charge in [0.25, 0.3) is 5.91 Å². The predicted octanol–water partition coefficient (Wildman–Crippen LogP) is 4.16. The second kappa shape index (κ2) is 5.52. The highest BCUT2D eigenvalue weighted by Gasteiger charge is 2.07. The molecule has 0 unspecified atom stereocenters. The average molecular weight is 351 g/mol. The number of benzene rings is 2. The van der Waals surface area contributed by atoms with Gasteiger partial charge in [0.2, 0.25) is 0 Å². The Morgan fingerprint density at radius 3 is 2.17 bits per heavy atom. The van der Waals surface area contributed by atoms with Crippen molar-refractivity contribution in [1.29, 1.82) is 0 Å².